The fourth-order valence-electron chi connectivity index (χ4n) is 1.54. The lowest BCUT2D eigenvalue weighted by Crippen LogP contribution is -2.31. The van der Waals surface area contributed by atoms with Crippen LogP contribution in [0.1, 0.15) is 0 Å². The molecular weight excluding hydrogens is 195 g/mol. The summed E-state index contributed by atoms with van der Waals surface area (Å²) >= 11 is 0. The van der Waals surface area contributed by atoms with Gasteiger partial charge in [-0.25, -0.2) is 0 Å². The van der Waals surface area contributed by atoms with Crippen LogP contribution in [0.4, 0.5) is 13.2 Å². The Labute approximate surface area is 73.9 Å². The fraction of sp³-hybridized carbons (Fsp3) is 1.00. The zero-order valence-corrected chi connectivity index (χ0v) is 6.91. The highest BCUT2D eigenvalue weighted by Gasteiger charge is 2.66. The summed E-state index contributed by atoms with van der Waals surface area (Å²) in [7, 11) is 0. The quantitative estimate of drug-likeness (QED) is 0.633. The molecule has 1 heterocycles. The molecule has 0 bridgehead atoms. The normalized spacial score (nSPS) is 39.8. The van der Waals surface area contributed by atoms with Crippen LogP contribution in [0, 0.1) is 5.92 Å². The van der Waals surface area contributed by atoms with E-state index in [4.69, 9.17) is 4.74 Å². The molecule has 2 fully saturated rings. The van der Waals surface area contributed by atoms with Crippen molar-refractivity contribution in [2.24, 2.45) is 5.92 Å². The molecule has 1 saturated carbocycles. The van der Waals surface area contributed by atoms with Gasteiger partial charge in [-0.05, 0) is 0 Å². The molecule has 1 aliphatic heterocycles. The average Bonchev–Trinajstić information content (AvgIpc) is 2.58. The Balaban J connectivity index is 0.000000720. The third-order valence-electron chi connectivity index (χ3n) is 2.12. The highest BCUT2D eigenvalue weighted by atomic mass is 35.5. The van der Waals surface area contributed by atoms with Gasteiger partial charge < -0.3 is 10.1 Å². The summed E-state index contributed by atoms with van der Waals surface area (Å²) in [5.41, 5.74) is 0. The summed E-state index contributed by atoms with van der Waals surface area (Å²) in [6.45, 7) is 0.932. The van der Waals surface area contributed by atoms with Gasteiger partial charge in [0, 0.05) is 12.6 Å². The smallest absolute Gasteiger partial charge is 0.375 e. The number of morpholine rings is 1. The van der Waals surface area contributed by atoms with E-state index in [1.807, 2.05) is 0 Å². The fourth-order valence-corrected chi connectivity index (χ4v) is 1.54. The molecule has 0 amide bonds. The summed E-state index contributed by atoms with van der Waals surface area (Å²) in [4.78, 5) is 0. The first-order valence-electron chi connectivity index (χ1n) is 3.52. The minimum atomic E-state index is -4.09. The minimum absolute atomic E-state index is 0. The summed E-state index contributed by atoms with van der Waals surface area (Å²) in [6, 6.07) is -0.469. The van der Waals surface area contributed by atoms with Gasteiger partial charge in [0.25, 0.3) is 0 Å². The third-order valence-corrected chi connectivity index (χ3v) is 2.12. The molecule has 2 aliphatic rings. The molecule has 0 radical (unpaired) electrons. The van der Waals surface area contributed by atoms with Crippen LogP contribution in [0.25, 0.3) is 0 Å². The molecule has 1 saturated heterocycles. The van der Waals surface area contributed by atoms with Crippen molar-refractivity contribution in [3.8, 4) is 0 Å². The molecule has 2 rings (SSSR count). The van der Waals surface area contributed by atoms with E-state index in [0.29, 0.717) is 13.2 Å². The van der Waals surface area contributed by atoms with Crippen LogP contribution in [-0.4, -0.2) is 31.5 Å². The van der Waals surface area contributed by atoms with E-state index in [1.165, 1.54) is 0 Å². The highest BCUT2D eigenvalue weighted by molar-refractivity contribution is 5.85. The Morgan fingerprint density at radius 2 is 2.00 bits per heavy atom. The molecule has 0 spiro atoms. The number of fused-ring (bicyclic) bond motifs is 1. The molecule has 3 atom stereocenters. The molecule has 6 heteroatoms. The second-order valence-corrected chi connectivity index (χ2v) is 2.88. The van der Waals surface area contributed by atoms with E-state index in [0.717, 1.165) is 0 Å². The molecule has 1 aliphatic carbocycles. The van der Waals surface area contributed by atoms with Crippen LogP contribution < -0.4 is 5.32 Å². The van der Waals surface area contributed by atoms with Crippen LogP contribution in [-0.2, 0) is 4.74 Å². The zero-order chi connectivity index (χ0) is 8.06. The van der Waals surface area contributed by atoms with Crippen LogP contribution in [0.3, 0.4) is 0 Å². The van der Waals surface area contributed by atoms with Gasteiger partial charge in [0.15, 0.2) is 0 Å². The second-order valence-electron chi connectivity index (χ2n) is 2.88. The lowest BCUT2D eigenvalue weighted by molar-refractivity contribution is -0.156. The highest BCUT2D eigenvalue weighted by Crippen LogP contribution is 2.47. The van der Waals surface area contributed by atoms with Gasteiger partial charge in [0.1, 0.15) is 5.92 Å². The van der Waals surface area contributed by atoms with E-state index in [2.05, 4.69) is 5.32 Å². The number of halogens is 4. The van der Waals surface area contributed by atoms with Gasteiger partial charge in [0.2, 0.25) is 0 Å². The molecule has 0 aromatic rings. The van der Waals surface area contributed by atoms with Crippen LogP contribution in [0.15, 0.2) is 0 Å². The molecule has 2 nitrogen and oxygen atoms in total. The number of hydrogen-bond acceptors (Lipinski definition) is 2. The Hall–Kier alpha value is -0.0000000000000000416. The maximum absolute atomic E-state index is 12.0. The van der Waals surface area contributed by atoms with E-state index in [9.17, 15) is 13.2 Å². The number of rotatable bonds is 0. The lowest BCUT2D eigenvalue weighted by atomic mass is 10.4. The average molecular weight is 204 g/mol. The maximum atomic E-state index is 12.0. The molecule has 0 aromatic carbocycles. The Kier molecular flexibility index (Phi) is 2.56. The first-order chi connectivity index (χ1) is 5.11. The van der Waals surface area contributed by atoms with Crippen molar-refractivity contribution >= 4 is 12.4 Å². The van der Waals surface area contributed by atoms with Gasteiger partial charge in [-0.3, -0.25) is 0 Å². The Morgan fingerprint density at radius 3 is 2.42 bits per heavy atom. The van der Waals surface area contributed by atoms with Gasteiger partial charge in [-0.2, -0.15) is 13.2 Å². The van der Waals surface area contributed by atoms with Gasteiger partial charge >= 0.3 is 6.18 Å². The largest absolute Gasteiger partial charge is 0.395 e. The number of ether oxygens (including phenoxy) is 1. The van der Waals surface area contributed by atoms with Crippen molar-refractivity contribution in [1.82, 2.24) is 5.32 Å². The zero-order valence-electron chi connectivity index (χ0n) is 6.10. The number of hydrogen-bond donors (Lipinski definition) is 1. The van der Waals surface area contributed by atoms with Crippen molar-refractivity contribution < 1.29 is 17.9 Å². The molecule has 72 valence electrons. The van der Waals surface area contributed by atoms with Crippen LogP contribution >= 0.6 is 12.4 Å². The predicted molar refractivity (Wildman–Crippen MR) is 38.3 cm³/mol. The van der Waals surface area contributed by atoms with Gasteiger partial charge in [0.05, 0.1) is 12.7 Å². The number of nitrogens with one attached hydrogen (secondary N) is 1. The SMILES string of the molecule is Cl.FC(F)(F)[C@H]1[C@@H]2NCCO[C@@H]21. The first kappa shape index (κ1) is 10.1. The van der Waals surface area contributed by atoms with Crippen molar-refractivity contribution in [3.05, 3.63) is 0 Å². The summed E-state index contributed by atoms with van der Waals surface area (Å²) in [5, 5.41) is 2.77. The molecular formula is C6H9ClF3NO. The van der Waals surface area contributed by atoms with E-state index < -0.39 is 24.2 Å². The summed E-state index contributed by atoms with van der Waals surface area (Å²) in [5.74, 6) is -1.26. The van der Waals surface area contributed by atoms with Crippen LogP contribution in [0.2, 0.25) is 0 Å². The van der Waals surface area contributed by atoms with Crippen LogP contribution in [0.5, 0.6) is 0 Å². The Morgan fingerprint density at radius 1 is 1.33 bits per heavy atom. The van der Waals surface area contributed by atoms with Gasteiger partial charge in [-0.15, -0.1) is 12.4 Å². The van der Waals surface area contributed by atoms with E-state index in [1.54, 1.807) is 0 Å². The monoisotopic (exact) mass is 203 g/mol. The molecule has 1 N–H and O–H groups in total. The van der Waals surface area contributed by atoms with Gasteiger partial charge in [-0.1, -0.05) is 0 Å². The topological polar surface area (TPSA) is 21.3 Å². The number of alkyl halides is 3. The molecule has 0 aromatic heterocycles. The Bertz CT molecular complexity index is 163. The van der Waals surface area contributed by atoms with Crippen molar-refractivity contribution in [2.75, 3.05) is 13.2 Å². The summed E-state index contributed by atoms with van der Waals surface area (Å²) < 4.78 is 41.0. The van der Waals surface area contributed by atoms with E-state index in [-0.39, 0.29) is 12.4 Å². The molecule has 12 heavy (non-hydrogen) atoms. The van der Waals surface area contributed by atoms with Crippen molar-refractivity contribution in [2.45, 2.75) is 18.3 Å². The summed E-state index contributed by atoms with van der Waals surface area (Å²) in [6.07, 6.45) is -4.70. The maximum Gasteiger partial charge on any atom is 0.395 e. The predicted octanol–water partition coefficient (Wildman–Crippen LogP) is 0.957. The molecule has 0 unspecified atom stereocenters. The van der Waals surface area contributed by atoms with Crippen molar-refractivity contribution in [1.29, 1.82) is 0 Å². The van der Waals surface area contributed by atoms with E-state index >= 15 is 0 Å². The second kappa shape index (κ2) is 3.05. The van der Waals surface area contributed by atoms with Crippen molar-refractivity contribution in [3.63, 3.8) is 0 Å². The minimum Gasteiger partial charge on any atom is -0.375 e. The lowest BCUT2D eigenvalue weighted by Gasteiger charge is -2.09. The third kappa shape index (κ3) is 1.53. The first-order valence-corrected chi connectivity index (χ1v) is 3.52. The standard InChI is InChI=1S/C6H8F3NO.ClH/c7-6(8,9)3-4-5(3)11-2-1-10-4;/h3-5,10H,1-2H2;1H/t3-,4-,5+;/m0./s1.